The third-order valence-corrected chi connectivity index (χ3v) is 8.68. The van der Waals surface area contributed by atoms with E-state index >= 15 is 0 Å². The van der Waals surface area contributed by atoms with Gasteiger partial charge in [0.1, 0.15) is 11.5 Å². The first-order valence-electron chi connectivity index (χ1n) is 13.2. The van der Waals surface area contributed by atoms with Crippen molar-refractivity contribution in [3.63, 3.8) is 0 Å². The molecular formula is C30H29Cl2N5O4S. The lowest BCUT2D eigenvalue weighted by molar-refractivity contribution is -0.130. The second-order valence-electron chi connectivity index (χ2n) is 9.68. The Kier molecular flexibility index (Phi) is 9.25. The van der Waals surface area contributed by atoms with Crippen molar-refractivity contribution in [3.8, 4) is 28.6 Å². The van der Waals surface area contributed by atoms with Crippen LogP contribution in [0.2, 0.25) is 10.0 Å². The quantitative estimate of drug-likeness (QED) is 0.231. The number of aromatic nitrogens is 3. The van der Waals surface area contributed by atoms with Gasteiger partial charge in [0, 0.05) is 42.5 Å². The van der Waals surface area contributed by atoms with E-state index in [4.69, 9.17) is 32.7 Å². The Morgan fingerprint density at radius 1 is 0.929 bits per heavy atom. The number of thioether (sulfide) groups is 1. The highest BCUT2D eigenvalue weighted by Crippen LogP contribution is 2.31. The number of amides is 2. The van der Waals surface area contributed by atoms with E-state index in [1.54, 1.807) is 42.2 Å². The van der Waals surface area contributed by atoms with Crippen molar-refractivity contribution in [2.24, 2.45) is 0 Å². The first-order chi connectivity index (χ1) is 20.3. The summed E-state index contributed by atoms with van der Waals surface area (Å²) in [6.07, 6.45) is 0. The van der Waals surface area contributed by atoms with Gasteiger partial charge in [-0.2, -0.15) is 0 Å². The van der Waals surface area contributed by atoms with E-state index in [1.165, 1.54) is 11.8 Å². The zero-order valence-electron chi connectivity index (χ0n) is 23.3. The van der Waals surface area contributed by atoms with Gasteiger partial charge in [-0.25, -0.2) is 0 Å². The fourth-order valence-corrected chi connectivity index (χ4v) is 5.93. The predicted molar refractivity (Wildman–Crippen MR) is 164 cm³/mol. The van der Waals surface area contributed by atoms with Gasteiger partial charge in [-0.15, -0.1) is 10.2 Å². The van der Waals surface area contributed by atoms with E-state index in [0.717, 1.165) is 17.0 Å². The van der Waals surface area contributed by atoms with Gasteiger partial charge in [0.25, 0.3) is 5.91 Å². The highest BCUT2D eigenvalue weighted by Gasteiger charge is 2.31. The molecule has 1 atom stereocenters. The summed E-state index contributed by atoms with van der Waals surface area (Å²) >= 11 is 13.4. The van der Waals surface area contributed by atoms with Gasteiger partial charge in [-0.3, -0.25) is 14.2 Å². The van der Waals surface area contributed by atoms with Crippen LogP contribution in [0.3, 0.4) is 0 Å². The number of halogens is 2. The molecule has 5 rings (SSSR count). The van der Waals surface area contributed by atoms with Crippen molar-refractivity contribution < 1.29 is 19.1 Å². The minimum Gasteiger partial charge on any atom is -0.497 e. The minimum atomic E-state index is -0.169. The average molecular weight is 627 g/mol. The van der Waals surface area contributed by atoms with Crippen molar-refractivity contribution >= 4 is 46.8 Å². The fraction of sp³-hybridized carbons (Fsp3) is 0.267. The second-order valence-corrected chi connectivity index (χ2v) is 11.4. The van der Waals surface area contributed by atoms with Crippen LogP contribution in [0.5, 0.6) is 11.5 Å². The summed E-state index contributed by atoms with van der Waals surface area (Å²) in [7, 11) is 3.23. The fourth-order valence-electron chi connectivity index (χ4n) is 4.78. The minimum absolute atomic E-state index is 0.0410. The zero-order chi connectivity index (χ0) is 29.8. The van der Waals surface area contributed by atoms with E-state index in [0.29, 0.717) is 52.0 Å². The maximum Gasteiger partial charge on any atom is 0.254 e. The predicted octanol–water partition coefficient (Wildman–Crippen LogP) is 5.72. The summed E-state index contributed by atoms with van der Waals surface area (Å²) in [5, 5.41) is 10.2. The monoisotopic (exact) mass is 625 g/mol. The maximum atomic E-state index is 13.3. The molecule has 3 aromatic carbocycles. The number of ether oxygens (including phenoxy) is 2. The number of hydrogen-bond acceptors (Lipinski definition) is 7. The average Bonchev–Trinajstić information content (AvgIpc) is 3.44. The molecule has 0 spiro atoms. The Morgan fingerprint density at radius 3 is 2.38 bits per heavy atom. The highest BCUT2D eigenvalue weighted by atomic mass is 35.5. The molecule has 0 N–H and O–H groups in total. The smallest absolute Gasteiger partial charge is 0.254 e. The molecule has 0 saturated carbocycles. The van der Waals surface area contributed by atoms with Crippen molar-refractivity contribution in [3.05, 3.63) is 82.3 Å². The molecule has 0 aliphatic carbocycles. The lowest BCUT2D eigenvalue weighted by atomic mass is 10.1. The summed E-state index contributed by atoms with van der Waals surface area (Å²) in [6.45, 7) is 3.20. The standard InChI is InChI=1S/C30H29Cl2N5O4S/c1-19-17-35(13-14-36(19)29(39)21-7-12-25(31)26(32)16-21)27(38)18-42-30-34-33-28(20-5-4-6-24(15-20)41-3)37(30)22-8-10-23(40-2)11-9-22/h4-12,15-16,19H,13-14,17-18H2,1-3H3. The summed E-state index contributed by atoms with van der Waals surface area (Å²) in [6, 6.07) is 19.8. The first-order valence-corrected chi connectivity index (χ1v) is 14.9. The molecule has 1 aromatic heterocycles. The number of hydrogen-bond donors (Lipinski definition) is 0. The molecule has 218 valence electrons. The summed E-state index contributed by atoms with van der Waals surface area (Å²) in [5.74, 6) is 2.04. The maximum absolute atomic E-state index is 13.3. The van der Waals surface area contributed by atoms with Crippen LogP contribution in [0.15, 0.2) is 71.9 Å². The Bertz CT molecular complexity index is 1600. The van der Waals surface area contributed by atoms with Crippen molar-refractivity contribution in [2.45, 2.75) is 18.1 Å². The number of rotatable bonds is 8. The van der Waals surface area contributed by atoms with Crippen LogP contribution in [-0.4, -0.2) is 82.0 Å². The Morgan fingerprint density at radius 2 is 1.69 bits per heavy atom. The van der Waals surface area contributed by atoms with Gasteiger partial charge in [-0.1, -0.05) is 47.1 Å². The number of methoxy groups -OCH3 is 2. The molecule has 1 unspecified atom stereocenters. The SMILES string of the molecule is COc1ccc(-n2c(SCC(=O)N3CCN(C(=O)c4ccc(Cl)c(Cl)c4)C(C)C3)nnc2-c2cccc(OC)c2)cc1. The molecule has 0 radical (unpaired) electrons. The summed E-state index contributed by atoms with van der Waals surface area (Å²) < 4.78 is 12.7. The molecule has 4 aromatic rings. The van der Waals surface area contributed by atoms with Gasteiger partial charge in [0.05, 0.1) is 30.0 Å². The van der Waals surface area contributed by atoms with Gasteiger partial charge < -0.3 is 19.3 Å². The number of nitrogens with zero attached hydrogens (tertiary/aromatic N) is 5. The van der Waals surface area contributed by atoms with E-state index in [-0.39, 0.29) is 23.6 Å². The third-order valence-electron chi connectivity index (χ3n) is 7.02. The summed E-state index contributed by atoms with van der Waals surface area (Å²) in [4.78, 5) is 30.0. The van der Waals surface area contributed by atoms with Crippen molar-refractivity contribution in [1.29, 1.82) is 0 Å². The molecule has 1 aliphatic heterocycles. The van der Waals surface area contributed by atoms with E-state index in [1.807, 2.05) is 60.0 Å². The third kappa shape index (κ3) is 6.35. The van der Waals surface area contributed by atoms with Crippen LogP contribution in [0.1, 0.15) is 17.3 Å². The van der Waals surface area contributed by atoms with Gasteiger partial charge in [-0.05, 0) is 61.5 Å². The molecule has 1 aliphatic rings. The van der Waals surface area contributed by atoms with Gasteiger partial charge >= 0.3 is 0 Å². The molecule has 2 amide bonds. The van der Waals surface area contributed by atoms with Crippen LogP contribution in [0, 0.1) is 0 Å². The molecule has 9 nitrogen and oxygen atoms in total. The molecule has 1 fully saturated rings. The summed E-state index contributed by atoms with van der Waals surface area (Å²) in [5.41, 5.74) is 2.13. The Hall–Kier alpha value is -3.73. The number of carbonyl (C=O) groups is 2. The van der Waals surface area contributed by atoms with Crippen LogP contribution < -0.4 is 9.47 Å². The number of carbonyl (C=O) groups excluding carboxylic acids is 2. The number of benzene rings is 3. The lowest BCUT2D eigenvalue weighted by Crippen LogP contribution is -2.55. The van der Waals surface area contributed by atoms with Crippen molar-refractivity contribution in [2.75, 3.05) is 39.6 Å². The van der Waals surface area contributed by atoms with Crippen LogP contribution >= 0.6 is 35.0 Å². The van der Waals surface area contributed by atoms with Crippen LogP contribution in [0.25, 0.3) is 17.1 Å². The normalized spacial score (nSPS) is 15.0. The molecule has 1 saturated heterocycles. The largest absolute Gasteiger partial charge is 0.497 e. The molecular weight excluding hydrogens is 597 g/mol. The molecule has 12 heteroatoms. The van der Waals surface area contributed by atoms with Crippen LogP contribution in [0.4, 0.5) is 0 Å². The van der Waals surface area contributed by atoms with Crippen molar-refractivity contribution in [1.82, 2.24) is 24.6 Å². The topological polar surface area (TPSA) is 89.8 Å². The van der Waals surface area contributed by atoms with E-state index < -0.39 is 0 Å². The van der Waals surface area contributed by atoms with E-state index in [2.05, 4.69) is 10.2 Å². The van der Waals surface area contributed by atoms with Gasteiger partial charge in [0.15, 0.2) is 11.0 Å². The second kappa shape index (κ2) is 13.1. The Labute approximate surface area is 258 Å². The molecule has 0 bridgehead atoms. The van der Waals surface area contributed by atoms with E-state index in [9.17, 15) is 9.59 Å². The van der Waals surface area contributed by atoms with Crippen LogP contribution in [-0.2, 0) is 4.79 Å². The highest BCUT2D eigenvalue weighted by molar-refractivity contribution is 7.99. The van der Waals surface area contributed by atoms with Gasteiger partial charge in [0.2, 0.25) is 5.91 Å². The number of piperazine rings is 1. The first kappa shape index (κ1) is 29.8. The zero-order valence-corrected chi connectivity index (χ0v) is 25.6. The lowest BCUT2D eigenvalue weighted by Gasteiger charge is -2.40. The molecule has 42 heavy (non-hydrogen) atoms. The Balaban J connectivity index is 1.30. The molecule has 2 heterocycles.